The van der Waals surface area contributed by atoms with Gasteiger partial charge in [-0.1, -0.05) is 35.5 Å². The second kappa shape index (κ2) is 7.28. The number of carbonyl (C=O) groups is 1. The summed E-state index contributed by atoms with van der Waals surface area (Å²) in [5, 5.41) is 4.21. The molecule has 0 saturated carbocycles. The van der Waals surface area contributed by atoms with Crippen LogP contribution in [0.4, 0.5) is 5.95 Å². The van der Waals surface area contributed by atoms with Crippen molar-refractivity contribution in [1.82, 2.24) is 15.3 Å². The van der Waals surface area contributed by atoms with Gasteiger partial charge in [-0.15, -0.1) is 0 Å². The number of amides is 1. The molecule has 0 unspecified atom stereocenters. The average molecular weight is 323 g/mol. The molecule has 0 aliphatic rings. The highest BCUT2D eigenvalue weighted by Gasteiger charge is 2.05. The SMILES string of the molecule is Cc1cc(SCC(=O)NCc2ccc(Cl)cc2)nc(N)n1. The van der Waals surface area contributed by atoms with Crippen molar-refractivity contribution in [3.05, 3.63) is 46.6 Å². The molecule has 3 N–H and O–H groups in total. The second-order valence-electron chi connectivity index (χ2n) is 4.40. The number of aromatic nitrogens is 2. The summed E-state index contributed by atoms with van der Waals surface area (Å²) >= 11 is 7.13. The van der Waals surface area contributed by atoms with E-state index in [-0.39, 0.29) is 17.6 Å². The third kappa shape index (κ3) is 5.24. The minimum atomic E-state index is -0.0650. The maximum atomic E-state index is 11.8. The predicted molar refractivity (Wildman–Crippen MR) is 85.2 cm³/mol. The van der Waals surface area contributed by atoms with Gasteiger partial charge in [0.2, 0.25) is 11.9 Å². The van der Waals surface area contributed by atoms with Crippen molar-refractivity contribution in [2.24, 2.45) is 0 Å². The minimum absolute atomic E-state index is 0.0650. The lowest BCUT2D eigenvalue weighted by Crippen LogP contribution is -2.24. The van der Waals surface area contributed by atoms with E-state index in [0.29, 0.717) is 16.6 Å². The summed E-state index contributed by atoms with van der Waals surface area (Å²) in [7, 11) is 0. The predicted octanol–water partition coefficient (Wildman–Crippen LogP) is 2.43. The van der Waals surface area contributed by atoms with Gasteiger partial charge in [0.05, 0.1) is 5.75 Å². The van der Waals surface area contributed by atoms with Crippen LogP contribution in [0.1, 0.15) is 11.3 Å². The molecule has 1 heterocycles. The number of nitrogen functional groups attached to an aromatic ring is 1. The van der Waals surface area contributed by atoms with Crippen molar-refractivity contribution in [3.8, 4) is 0 Å². The molecule has 0 fully saturated rings. The molecule has 0 saturated heterocycles. The molecule has 21 heavy (non-hydrogen) atoms. The van der Waals surface area contributed by atoms with E-state index in [9.17, 15) is 4.79 Å². The molecule has 5 nitrogen and oxygen atoms in total. The van der Waals surface area contributed by atoms with Gasteiger partial charge in [0.25, 0.3) is 0 Å². The van der Waals surface area contributed by atoms with Crippen molar-refractivity contribution in [1.29, 1.82) is 0 Å². The zero-order valence-electron chi connectivity index (χ0n) is 11.5. The molecule has 1 aromatic heterocycles. The first-order chi connectivity index (χ1) is 10.0. The van der Waals surface area contributed by atoms with E-state index in [1.165, 1.54) is 11.8 Å². The maximum absolute atomic E-state index is 11.8. The molecule has 1 amide bonds. The third-order valence-electron chi connectivity index (χ3n) is 2.60. The summed E-state index contributed by atoms with van der Waals surface area (Å²) in [4.78, 5) is 19.8. The fourth-order valence-corrected chi connectivity index (χ4v) is 2.55. The van der Waals surface area contributed by atoms with Gasteiger partial charge in [-0.25, -0.2) is 9.97 Å². The highest BCUT2D eigenvalue weighted by Crippen LogP contribution is 2.16. The molecular weight excluding hydrogens is 308 g/mol. The van der Waals surface area contributed by atoms with Gasteiger partial charge in [0.15, 0.2) is 0 Å². The van der Waals surface area contributed by atoms with Crippen LogP contribution in [0, 0.1) is 6.92 Å². The van der Waals surface area contributed by atoms with E-state index in [0.717, 1.165) is 11.3 Å². The van der Waals surface area contributed by atoms with E-state index in [1.54, 1.807) is 18.2 Å². The quantitative estimate of drug-likeness (QED) is 0.652. The molecule has 2 rings (SSSR count). The zero-order chi connectivity index (χ0) is 15.2. The van der Waals surface area contributed by atoms with Gasteiger partial charge < -0.3 is 11.1 Å². The Balaban J connectivity index is 1.80. The normalized spacial score (nSPS) is 10.4. The number of aryl methyl sites for hydroxylation is 1. The summed E-state index contributed by atoms with van der Waals surface area (Å²) in [6.45, 7) is 2.31. The van der Waals surface area contributed by atoms with E-state index in [1.807, 2.05) is 19.1 Å². The molecule has 0 spiro atoms. The lowest BCUT2D eigenvalue weighted by molar-refractivity contribution is -0.118. The van der Waals surface area contributed by atoms with Gasteiger partial charge in [0, 0.05) is 17.3 Å². The molecule has 0 atom stereocenters. The standard InChI is InChI=1S/C14H15ClN4OS/c1-9-6-13(19-14(16)18-9)21-8-12(20)17-7-10-2-4-11(15)5-3-10/h2-6H,7-8H2,1H3,(H,17,20)(H2,16,18,19). The highest BCUT2D eigenvalue weighted by molar-refractivity contribution is 7.99. The molecule has 0 aliphatic carbocycles. The molecule has 0 radical (unpaired) electrons. The largest absolute Gasteiger partial charge is 0.368 e. The Bertz CT molecular complexity index is 613. The first-order valence-corrected chi connectivity index (χ1v) is 7.64. The van der Waals surface area contributed by atoms with Gasteiger partial charge >= 0.3 is 0 Å². The monoisotopic (exact) mass is 322 g/mol. The number of halogens is 1. The fourth-order valence-electron chi connectivity index (χ4n) is 1.63. The lowest BCUT2D eigenvalue weighted by atomic mass is 10.2. The number of nitrogens with two attached hydrogens (primary N) is 1. The van der Waals surface area contributed by atoms with Gasteiger partial charge in [-0.3, -0.25) is 4.79 Å². The van der Waals surface area contributed by atoms with Gasteiger partial charge in [0.1, 0.15) is 5.03 Å². The number of thioether (sulfide) groups is 1. The molecule has 110 valence electrons. The van der Waals surface area contributed by atoms with Crippen molar-refractivity contribution in [2.45, 2.75) is 18.5 Å². The summed E-state index contributed by atoms with van der Waals surface area (Å²) in [6.07, 6.45) is 0. The Morgan fingerprint density at radius 3 is 2.71 bits per heavy atom. The molecule has 1 aromatic carbocycles. The first kappa shape index (κ1) is 15.6. The van der Waals surface area contributed by atoms with Crippen molar-refractivity contribution in [3.63, 3.8) is 0 Å². The number of hydrogen-bond donors (Lipinski definition) is 2. The number of hydrogen-bond acceptors (Lipinski definition) is 5. The van der Waals surface area contributed by atoms with Crippen LogP contribution in [-0.2, 0) is 11.3 Å². The van der Waals surface area contributed by atoms with Gasteiger partial charge in [-0.05, 0) is 30.7 Å². The number of nitrogens with one attached hydrogen (secondary N) is 1. The first-order valence-electron chi connectivity index (χ1n) is 6.28. The number of rotatable bonds is 5. The van der Waals surface area contributed by atoms with Crippen LogP contribution in [0.5, 0.6) is 0 Å². The molecular formula is C14H15ClN4OS. The highest BCUT2D eigenvalue weighted by atomic mass is 35.5. The summed E-state index contributed by atoms with van der Waals surface area (Å²) < 4.78 is 0. The number of benzene rings is 1. The van der Waals surface area contributed by atoms with Crippen LogP contribution in [0.3, 0.4) is 0 Å². The molecule has 7 heteroatoms. The van der Waals surface area contributed by atoms with Crippen LogP contribution in [0.25, 0.3) is 0 Å². The van der Waals surface area contributed by atoms with Crippen molar-refractivity contribution >= 4 is 35.2 Å². The van der Waals surface area contributed by atoms with Crippen LogP contribution in [0.15, 0.2) is 35.4 Å². The number of anilines is 1. The van der Waals surface area contributed by atoms with Crippen LogP contribution < -0.4 is 11.1 Å². The maximum Gasteiger partial charge on any atom is 0.230 e. The summed E-state index contributed by atoms with van der Waals surface area (Å²) in [6, 6.07) is 9.15. The topological polar surface area (TPSA) is 80.9 Å². The van der Waals surface area contributed by atoms with E-state index in [4.69, 9.17) is 17.3 Å². The smallest absolute Gasteiger partial charge is 0.230 e. The molecule has 2 aromatic rings. The zero-order valence-corrected chi connectivity index (χ0v) is 13.0. The van der Waals surface area contributed by atoms with E-state index in [2.05, 4.69) is 15.3 Å². The Morgan fingerprint density at radius 1 is 1.33 bits per heavy atom. The molecule has 0 bridgehead atoms. The van der Waals surface area contributed by atoms with Crippen LogP contribution >= 0.6 is 23.4 Å². The number of nitrogens with zero attached hydrogens (tertiary/aromatic N) is 2. The van der Waals surface area contributed by atoms with Crippen LogP contribution in [-0.4, -0.2) is 21.6 Å². The van der Waals surface area contributed by atoms with Gasteiger partial charge in [-0.2, -0.15) is 0 Å². The summed E-state index contributed by atoms with van der Waals surface area (Å²) in [5.74, 6) is 0.438. The fraction of sp³-hybridized carbons (Fsp3) is 0.214. The Morgan fingerprint density at radius 2 is 2.05 bits per heavy atom. The summed E-state index contributed by atoms with van der Waals surface area (Å²) in [5.41, 5.74) is 7.35. The number of carbonyl (C=O) groups excluding carboxylic acids is 1. The van der Waals surface area contributed by atoms with Crippen LogP contribution in [0.2, 0.25) is 5.02 Å². The minimum Gasteiger partial charge on any atom is -0.368 e. The lowest BCUT2D eigenvalue weighted by Gasteiger charge is -2.06. The average Bonchev–Trinajstić information content (AvgIpc) is 2.43. The Hall–Kier alpha value is -1.79. The third-order valence-corrected chi connectivity index (χ3v) is 3.77. The Labute approximate surface area is 132 Å². The van der Waals surface area contributed by atoms with Crippen molar-refractivity contribution < 1.29 is 4.79 Å². The Kier molecular flexibility index (Phi) is 5.41. The second-order valence-corrected chi connectivity index (χ2v) is 5.83. The van der Waals surface area contributed by atoms with E-state index >= 15 is 0 Å². The van der Waals surface area contributed by atoms with E-state index < -0.39 is 0 Å². The van der Waals surface area contributed by atoms with Crippen molar-refractivity contribution in [2.75, 3.05) is 11.5 Å². The molecule has 0 aliphatic heterocycles.